The second kappa shape index (κ2) is 8.27. The summed E-state index contributed by atoms with van der Waals surface area (Å²) in [5.74, 6) is 0.0211. The number of phenols is 2. The third-order valence-electron chi connectivity index (χ3n) is 3.98. The lowest BCUT2D eigenvalue weighted by Crippen LogP contribution is -2.21. The van der Waals surface area contributed by atoms with E-state index in [9.17, 15) is 20.1 Å². The molecule has 1 aromatic heterocycles. The zero-order valence-electron chi connectivity index (χ0n) is 15.4. The Balaban J connectivity index is 2.25. The van der Waals surface area contributed by atoms with Crippen molar-refractivity contribution in [2.24, 2.45) is 0 Å². The fourth-order valence-corrected chi connectivity index (χ4v) is 2.58. The van der Waals surface area contributed by atoms with Crippen LogP contribution in [0.5, 0.6) is 11.5 Å². The summed E-state index contributed by atoms with van der Waals surface area (Å²) in [5, 5.41) is 29.6. The molecule has 0 fully saturated rings. The highest BCUT2D eigenvalue weighted by molar-refractivity contribution is 5.70. The lowest BCUT2D eigenvalue weighted by atomic mass is 9.97. The number of rotatable bonds is 8. The molecule has 0 amide bonds. The van der Waals surface area contributed by atoms with E-state index in [2.05, 4.69) is 0 Å². The van der Waals surface area contributed by atoms with E-state index in [1.807, 2.05) is 6.92 Å². The molecule has 6 heteroatoms. The van der Waals surface area contributed by atoms with Crippen LogP contribution in [0.2, 0.25) is 0 Å². The van der Waals surface area contributed by atoms with Gasteiger partial charge >= 0.3 is 5.97 Å². The average Bonchev–Trinajstić information content (AvgIpc) is 3.02. The average molecular weight is 362 g/mol. The Morgan fingerprint density at radius 3 is 2.65 bits per heavy atom. The van der Waals surface area contributed by atoms with E-state index in [1.165, 1.54) is 24.5 Å². The van der Waals surface area contributed by atoms with Crippen LogP contribution in [-0.4, -0.2) is 26.9 Å². The van der Waals surface area contributed by atoms with E-state index in [1.54, 1.807) is 19.9 Å². The van der Waals surface area contributed by atoms with Gasteiger partial charge in [0, 0.05) is 12.0 Å². The third kappa shape index (κ3) is 5.52. The molecular weight excluding hydrogens is 336 g/mol. The molecule has 1 atom stereocenters. The van der Waals surface area contributed by atoms with E-state index in [-0.39, 0.29) is 17.5 Å². The number of hydrogen-bond acceptors (Lipinski definition) is 6. The van der Waals surface area contributed by atoms with Gasteiger partial charge in [-0.25, -0.2) is 0 Å². The summed E-state index contributed by atoms with van der Waals surface area (Å²) in [6.07, 6.45) is 2.78. The zero-order valence-corrected chi connectivity index (χ0v) is 15.4. The second-order valence-corrected chi connectivity index (χ2v) is 7.03. The molecule has 0 saturated heterocycles. The summed E-state index contributed by atoms with van der Waals surface area (Å²) >= 11 is 0. The molecule has 6 nitrogen and oxygen atoms in total. The van der Waals surface area contributed by atoms with Gasteiger partial charge in [0.25, 0.3) is 0 Å². The van der Waals surface area contributed by atoms with Crippen molar-refractivity contribution in [3.8, 4) is 22.8 Å². The van der Waals surface area contributed by atoms with Crippen LogP contribution in [0.1, 0.15) is 58.1 Å². The molecule has 1 aromatic carbocycles. The SMILES string of the molecule is CCCC(=O)OC(CCC(C)(C)O)c1coc(-c2cc(O)ccc2O)c1. The summed E-state index contributed by atoms with van der Waals surface area (Å²) in [6.45, 7) is 5.29. The quantitative estimate of drug-likeness (QED) is 0.478. The maximum atomic E-state index is 11.9. The van der Waals surface area contributed by atoms with Crippen molar-refractivity contribution < 1.29 is 29.3 Å². The van der Waals surface area contributed by atoms with E-state index >= 15 is 0 Å². The Morgan fingerprint density at radius 2 is 2.00 bits per heavy atom. The van der Waals surface area contributed by atoms with Gasteiger partial charge in [-0.1, -0.05) is 6.92 Å². The van der Waals surface area contributed by atoms with Crippen LogP contribution in [0, 0.1) is 0 Å². The molecule has 2 aromatic rings. The predicted molar refractivity (Wildman–Crippen MR) is 96.7 cm³/mol. The van der Waals surface area contributed by atoms with Crippen LogP contribution in [0.25, 0.3) is 11.3 Å². The summed E-state index contributed by atoms with van der Waals surface area (Å²) in [7, 11) is 0. The minimum absolute atomic E-state index is 0.00343. The summed E-state index contributed by atoms with van der Waals surface area (Å²) in [5.41, 5.74) is 0.0969. The Morgan fingerprint density at radius 1 is 1.27 bits per heavy atom. The van der Waals surface area contributed by atoms with Crippen molar-refractivity contribution >= 4 is 5.97 Å². The monoisotopic (exact) mass is 362 g/mol. The standard InChI is InChI=1S/C20H26O6/c1-4-5-19(23)26-17(8-9-20(2,3)24)13-10-18(25-12-13)15-11-14(21)6-7-16(15)22/h6-7,10-12,17,21-22,24H,4-5,8-9H2,1-3H3. The van der Waals surface area contributed by atoms with Crippen molar-refractivity contribution in [2.45, 2.75) is 58.2 Å². The van der Waals surface area contributed by atoms with E-state index < -0.39 is 11.7 Å². The highest BCUT2D eigenvalue weighted by atomic mass is 16.5. The fourth-order valence-electron chi connectivity index (χ4n) is 2.58. The van der Waals surface area contributed by atoms with Crippen LogP contribution >= 0.6 is 0 Å². The number of benzene rings is 1. The van der Waals surface area contributed by atoms with Crippen LogP contribution in [0.3, 0.4) is 0 Å². The smallest absolute Gasteiger partial charge is 0.306 e. The first-order valence-corrected chi connectivity index (χ1v) is 8.72. The number of aliphatic hydroxyl groups is 1. The molecule has 0 aliphatic heterocycles. The molecule has 1 unspecified atom stereocenters. The molecule has 26 heavy (non-hydrogen) atoms. The molecule has 142 valence electrons. The number of carbonyl (C=O) groups is 1. The van der Waals surface area contributed by atoms with Gasteiger partial charge < -0.3 is 24.5 Å². The number of phenolic OH excluding ortho intramolecular Hbond substituents is 2. The Labute approximate surface area is 153 Å². The maximum absolute atomic E-state index is 11.9. The van der Waals surface area contributed by atoms with Crippen molar-refractivity contribution in [2.75, 3.05) is 0 Å². The molecule has 1 heterocycles. The molecule has 0 spiro atoms. The van der Waals surface area contributed by atoms with Gasteiger partial charge in [-0.15, -0.1) is 0 Å². The normalized spacial score (nSPS) is 12.8. The zero-order chi connectivity index (χ0) is 19.3. The molecule has 3 N–H and O–H groups in total. The molecule has 0 aliphatic carbocycles. The number of hydrogen-bond donors (Lipinski definition) is 3. The van der Waals surface area contributed by atoms with Gasteiger partial charge in [0.2, 0.25) is 0 Å². The highest BCUT2D eigenvalue weighted by Crippen LogP contribution is 2.36. The van der Waals surface area contributed by atoms with Gasteiger partial charge in [-0.05, 0) is 57.4 Å². The first kappa shape index (κ1) is 19.8. The second-order valence-electron chi connectivity index (χ2n) is 7.03. The van der Waals surface area contributed by atoms with Crippen molar-refractivity contribution in [1.29, 1.82) is 0 Å². The summed E-state index contributed by atoms with van der Waals surface area (Å²) in [6, 6.07) is 5.82. The van der Waals surface area contributed by atoms with E-state index in [0.717, 1.165) is 0 Å². The van der Waals surface area contributed by atoms with E-state index in [0.29, 0.717) is 42.6 Å². The molecule has 2 rings (SSSR count). The molecule has 0 bridgehead atoms. The van der Waals surface area contributed by atoms with Gasteiger partial charge in [-0.3, -0.25) is 4.79 Å². The lowest BCUT2D eigenvalue weighted by Gasteiger charge is -2.22. The Bertz CT molecular complexity index is 741. The number of furan rings is 1. The van der Waals surface area contributed by atoms with Gasteiger partial charge in [0.05, 0.1) is 17.4 Å². The van der Waals surface area contributed by atoms with Gasteiger partial charge in [0.15, 0.2) is 0 Å². The van der Waals surface area contributed by atoms with Crippen LogP contribution in [-0.2, 0) is 9.53 Å². The summed E-state index contributed by atoms with van der Waals surface area (Å²) < 4.78 is 11.1. The van der Waals surface area contributed by atoms with Crippen molar-refractivity contribution in [3.63, 3.8) is 0 Å². The summed E-state index contributed by atoms with van der Waals surface area (Å²) in [4.78, 5) is 11.9. The van der Waals surface area contributed by atoms with Crippen LogP contribution < -0.4 is 0 Å². The predicted octanol–water partition coefficient (Wildman–Crippen LogP) is 4.29. The molecular formula is C20H26O6. The maximum Gasteiger partial charge on any atom is 0.306 e. The number of esters is 1. The highest BCUT2D eigenvalue weighted by Gasteiger charge is 2.23. The van der Waals surface area contributed by atoms with Crippen LogP contribution in [0.15, 0.2) is 34.9 Å². The van der Waals surface area contributed by atoms with Crippen LogP contribution in [0.4, 0.5) is 0 Å². The largest absolute Gasteiger partial charge is 0.508 e. The number of carbonyl (C=O) groups excluding carboxylic acids is 1. The Hall–Kier alpha value is -2.47. The lowest BCUT2D eigenvalue weighted by molar-refractivity contribution is -0.150. The first-order valence-electron chi connectivity index (χ1n) is 8.72. The third-order valence-corrected chi connectivity index (χ3v) is 3.98. The van der Waals surface area contributed by atoms with Crippen molar-refractivity contribution in [3.05, 3.63) is 36.1 Å². The topological polar surface area (TPSA) is 100 Å². The number of aromatic hydroxyl groups is 2. The molecule has 0 radical (unpaired) electrons. The van der Waals surface area contributed by atoms with Gasteiger partial charge in [0.1, 0.15) is 23.4 Å². The number of ether oxygens (including phenoxy) is 1. The van der Waals surface area contributed by atoms with Crippen molar-refractivity contribution in [1.82, 2.24) is 0 Å². The first-order chi connectivity index (χ1) is 12.2. The molecule has 0 saturated carbocycles. The van der Waals surface area contributed by atoms with E-state index in [4.69, 9.17) is 9.15 Å². The molecule has 0 aliphatic rings. The Kier molecular flexibility index (Phi) is 6.32. The fraction of sp³-hybridized carbons (Fsp3) is 0.450. The minimum atomic E-state index is -0.883. The van der Waals surface area contributed by atoms with Gasteiger partial charge in [-0.2, -0.15) is 0 Å². The minimum Gasteiger partial charge on any atom is -0.508 e.